The fourth-order valence-electron chi connectivity index (χ4n) is 0.918. The Hall–Kier alpha value is -1.63. The van der Waals surface area contributed by atoms with Gasteiger partial charge in [-0.15, -0.1) is 11.3 Å². The predicted molar refractivity (Wildman–Crippen MR) is 60.5 cm³/mol. The molecular weight excluding hydrogens is 230 g/mol. The minimum Gasteiger partial charge on any atom is -0.465 e. The van der Waals surface area contributed by atoms with Crippen molar-refractivity contribution in [2.24, 2.45) is 0 Å². The van der Waals surface area contributed by atoms with Gasteiger partial charge in [-0.1, -0.05) is 0 Å². The Labute approximate surface area is 97.0 Å². The second kappa shape index (κ2) is 6.06. The van der Waals surface area contributed by atoms with Crippen molar-refractivity contribution < 1.29 is 14.3 Å². The highest BCUT2D eigenvalue weighted by molar-refractivity contribution is 7.15. The molecule has 0 saturated carbocycles. The fourth-order valence-corrected chi connectivity index (χ4v) is 1.58. The highest BCUT2D eigenvalue weighted by Gasteiger charge is 2.07. The van der Waals surface area contributed by atoms with Gasteiger partial charge in [-0.2, -0.15) is 0 Å². The van der Waals surface area contributed by atoms with E-state index in [1.54, 1.807) is 13.1 Å². The summed E-state index contributed by atoms with van der Waals surface area (Å²) in [6.07, 6.45) is 1.66. The molecule has 0 radical (unpaired) electrons. The molecular formula is C9H13N3O3S. The van der Waals surface area contributed by atoms with Crippen LogP contribution >= 0.6 is 11.3 Å². The minimum atomic E-state index is -0.470. The molecule has 0 spiro atoms. The molecule has 0 atom stereocenters. The lowest BCUT2D eigenvalue weighted by Crippen LogP contribution is -2.34. The summed E-state index contributed by atoms with van der Waals surface area (Å²) in [7, 11) is 0. The molecule has 0 unspecified atom stereocenters. The number of rotatable bonds is 4. The molecule has 1 heterocycles. The first-order chi connectivity index (χ1) is 7.61. The summed E-state index contributed by atoms with van der Waals surface area (Å²) in [5.74, 6) is -0.465. The van der Waals surface area contributed by atoms with E-state index in [-0.39, 0.29) is 6.54 Å². The van der Waals surface area contributed by atoms with Gasteiger partial charge in [0, 0.05) is 11.1 Å². The van der Waals surface area contributed by atoms with Crippen LogP contribution in [0.3, 0.4) is 0 Å². The number of urea groups is 1. The SMILES string of the molecule is CCOC(=O)CNC(=O)Nc1ncc(C)s1. The van der Waals surface area contributed by atoms with E-state index in [1.807, 2.05) is 6.92 Å². The van der Waals surface area contributed by atoms with Gasteiger partial charge in [0.15, 0.2) is 5.13 Å². The molecule has 1 rings (SSSR count). The van der Waals surface area contributed by atoms with Crippen molar-refractivity contribution in [3.8, 4) is 0 Å². The quantitative estimate of drug-likeness (QED) is 0.777. The van der Waals surface area contributed by atoms with Gasteiger partial charge < -0.3 is 10.1 Å². The smallest absolute Gasteiger partial charge is 0.325 e. The Morgan fingerprint density at radius 2 is 2.31 bits per heavy atom. The van der Waals surface area contributed by atoms with E-state index in [0.717, 1.165) is 4.88 Å². The largest absolute Gasteiger partial charge is 0.465 e. The summed E-state index contributed by atoms with van der Waals surface area (Å²) in [6.45, 7) is 3.74. The monoisotopic (exact) mass is 243 g/mol. The third-order valence-electron chi connectivity index (χ3n) is 1.54. The molecule has 0 aliphatic carbocycles. The molecule has 1 aromatic heterocycles. The van der Waals surface area contributed by atoms with Crippen LogP contribution < -0.4 is 10.6 Å². The van der Waals surface area contributed by atoms with Crippen LogP contribution in [-0.4, -0.2) is 30.1 Å². The number of hydrogen-bond acceptors (Lipinski definition) is 5. The summed E-state index contributed by atoms with van der Waals surface area (Å²) in [6, 6.07) is -0.470. The average Bonchev–Trinajstić information content (AvgIpc) is 2.61. The number of carbonyl (C=O) groups is 2. The van der Waals surface area contributed by atoms with E-state index in [0.29, 0.717) is 11.7 Å². The van der Waals surface area contributed by atoms with E-state index in [9.17, 15) is 9.59 Å². The number of esters is 1. The van der Waals surface area contributed by atoms with Crippen LogP contribution in [0.2, 0.25) is 0 Å². The van der Waals surface area contributed by atoms with Crippen LogP contribution in [0.5, 0.6) is 0 Å². The number of nitrogens with zero attached hydrogens (tertiary/aromatic N) is 1. The molecule has 1 aromatic rings. The number of aryl methyl sites for hydroxylation is 1. The fraction of sp³-hybridized carbons (Fsp3) is 0.444. The second-order valence-corrected chi connectivity index (χ2v) is 4.12. The van der Waals surface area contributed by atoms with Gasteiger partial charge in [0.1, 0.15) is 6.54 Å². The summed E-state index contributed by atoms with van der Waals surface area (Å²) in [5.41, 5.74) is 0. The van der Waals surface area contributed by atoms with Gasteiger partial charge in [-0.25, -0.2) is 9.78 Å². The minimum absolute atomic E-state index is 0.149. The highest BCUT2D eigenvalue weighted by Crippen LogP contribution is 2.15. The molecule has 0 saturated heterocycles. The Morgan fingerprint density at radius 3 is 2.88 bits per heavy atom. The average molecular weight is 243 g/mol. The Morgan fingerprint density at radius 1 is 1.56 bits per heavy atom. The molecule has 7 heteroatoms. The van der Waals surface area contributed by atoms with Gasteiger partial charge in [-0.3, -0.25) is 10.1 Å². The predicted octanol–water partition coefficient (Wildman–Crippen LogP) is 1.14. The van der Waals surface area contributed by atoms with Crippen LogP contribution in [0.25, 0.3) is 0 Å². The summed E-state index contributed by atoms with van der Waals surface area (Å²) < 4.78 is 4.65. The standard InChI is InChI=1S/C9H13N3O3S/c1-3-15-7(13)5-10-8(14)12-9-11-4-6(2)16-9/h4H,3,5H2,1-2H3,(H2,10,11,12,14). The van der Waals surface area contributed by atoms with E-state index >= 15 is 0 Å². The number of ether oxygens (including phenoxy) is 1. The number of thiazole rings is 1. The lowest BCUT2D eigenvalue weighted by molar-refractivity contribution is -0.141. The molecule has 0 aromatic carbocycles. The number of aromatic nitrogens is 1. The molecule has 88 valence electrons. The van der Waals surface area contributed by atoms with E-state index in [2.05, 4.69) is 20.4 Å². The first-order valence-corrected chi connectivity index (χ1v) is 5.56. The maximum atomic E-state index is 11.3. The lowest BCUT2D eigenvalue weighted by atomic mass is 10.6. The third kappa shape index (κ3) is 4.26. The number of carbonyl (C=O) groups excluding carboxylic acids is 2. The van der Waals surface area contributed by atoms with Crippen molar-refractivity contribution in [2.45, 2.75) is 13.8 Å². The molecule has 2 N–H and O–H groups in total. The van der Waals surface area contributed by atoms with Crippen molar-refractivity contribution in [2.75, 3.05) is 18.5 Å². The van der Waals surface area contributed by atoms with Gasteiger partial charge in [0.05, 0.1) is 6.61 Å². The van der Waals surface area contributed by atoms with Crippen LogP contribution in [0.4, 0.5) is 9.93 Å². The molecule has 2 amide bonds. The Kier molecular flexibility index (Phi) is 4.71. The van der Waals surface area contributed by atoms with Crippen molar-refractivity contribution in [3.05, 3.63) is 11.1 Å². The first kappa shape index (κ1) is 12.4. The van der Waals surface area contributed by atoms with E-state index in [1.165, 1.54) is 11.3 Å². The van der Waals surface area contributed by atoms with Gasteiger partial charge in [0.25, 0.3) is 0 Å². The summed E-state index contributed by atoms with van der Waals surface area (Å²) in [4.78, 5) is 27.1. The number of nitrogens with one attached hydrogen (secondary N) is 2. The summed E-state index contributed by atoms with van der Waals surface area (Å²) >= 11 is 1.36. The first-order valence-electron chi connectivity index (χ1n) is 4.74. The van der Waals surface area contributed by atoms with Crippen LogP contribution in [0.15, 0.2) is 6.20 Å². The zero-order valence-corrected chi connectivity index (χ0v) is 9.89. The van der Waals surface area contributed by atoms with Crippen molar-refractivity contribution >= 4 is 28.5 Å². The maximum absolute atomic E-state index is 11.3. The lowest BCUT2D eigenvalue weighted by Gasteiger charge is -2.04. The topological polar surface area (TPSA) is 80.3 Å². The van der Waals surface area contributed by atoms with Gasteiger partial charge >= 0.3 is 12.0 Å². The van der Waals surface area contributed by atoms with Crippen LogP contribution in [0.1, 0.15) is 11.8 Å². The Balaban J connectivity index is 2.28. The number of anilines is 1. The molecule has 0 aliphatic rings. The van der Waals surface area contributed by atoms with Gasteiger partial charge in [0.2, 0.25) is 0 Å². The van der Waals surface area contributed by atoms with E-state index in [4.69, 9.17) is 0 Å². The third-order valence-corrected chi connectivity index (χ3v) is 2.37. The molecule has 6 nitrogen and oxygen atoms in total. The van der Waals surface area contributed by atoms with Crippen LogP contribution in [-0.2, 0) is 9.53 Å². The Bertz CT molecular complexity index is 378. The van der Waals surface area contributed by atoms with Gasteiger partial charge in [-0.05, 0) is 13.8 Å². The number of amides is 2. The summed E-state index contributed by atoms with van der Waals surface area (Å²) in [5, 5.41) is 5.38. The molecule has 0 fully saturated rings. The van der Waals surface area contributed by atoms with Crippen molar-refractivity contribution in [3.63, 3.8) is 0 Å². The molecule has 16 heavy (non-hydrogen) atoms. The zero-order chi connectivity index (χ0) is 12.0. The highest BCUT2D eigenvalue weighted by atomic mass is 32.1. The maximum Gasteiger partial charge on any atom is 0.325 e. The van der Waals surface area contributed by atoms with Crippen molar-refractivity contribution in [1.82, 2.24) is 10.3 Å². The normalized spacial score (nSPS) is 9.62. The van der Waals surface area contributed by atoms with Crippen molar-refractivity contribution in [1.29, 1.82) is 0 Å². The second-order valence-electron chi connectivity index (χ2n) is 2.89. The molecule has 0 aliphatic heterocycles. The van der Waals surface area contributed by atoms with E-state index < -0.39 is 12.0 Å². The number of hydrogen-bond donors (Lipinski definition) is 2. The molecule has 0 bridgehead atoms. The van der Waals surface area contributed by atoms with Crippen LogP contribution in [0, 0.1) is 6.92 Å². The zero-order valence-electron chi connectivity index (χ0n) is 9.07.